The SMILES string of the molecule is Cc1cc(C2CCC2)c(-c2nc3c([nH]2)CCN(C)CC3)cc1C(=O)N1CC(c2ccc(Cl)cc2)C1. The number of H-pyrrole nitrogens is 1. The highest BCUT2D eigenvalue weighted by atomic mass is 35.5. The van der Waals surface area contributed by atoms with Gasteiger partial charge in [-0.3, -0.25) is 4.79 Å². The molecule has 35 heavy (non-hydrogen) atoms. The van der Waals surface area contributed by atoms with E-state index < -0.39 is 0 Å². The Morgan fingerprint density at radius 1 is 1.06 bits per heavy atom. The summed E-state index contributed by atoms with van der Waals surface area (Å²) in [4.78, 5) is 26.6. The number of fused-ring (bicyclic) bond motifs is 1. The van der Waals surface area contributed by atoms with E-state index in [9.17, 15) is 4.79 Å². The Balaban J connectivity index is 1.29. The van der Waals surface area contributed by atoms with Gasteiger partial charge in [0.25, 0.3) is 5.91 Å². The summed E-state index contributed by atoms with van der Waals surface area (Å²) < 4.78 is 0. The van der Waals surface area contributed by atoms with Crippen LogP contribution in [0.5, 0.6) is 0 Å². The number of carbonyl (C=O) groups excluding carboxylic acids is 1. The van der Waals surface area contributed by atoms with Crippen molar-refractivity contribution in [3.05, 3.63) is 75.1 Å². The van der Waals surface area contributed by atoms with Gasteiger partial charge in [0, 0.05) is 66.8 Å². The second-order valence-electron chi connectivity index (χ2n) is 10.7. The number of likely N-dealkylation sites (N-methyl/N-ethyl adjacent to an activating group) is 1. The number of halogens is 1. The number of aromatic nitrogens is 2. The lowest BCUT2D eigenvalue weighted by atomic mass is 9.77. The fraction of sp³-hybridized carbons (Fsp3) is 0.448. The zero-order chi connectivity index (χ0) is 24.1. The van der Waals surface area contributed by atoms with Gasteiger partial charge in [0.05, 0.1) is 5.69 Å². The molecule has 0 spiro atoms. The number of nitrogens with zero attached hydrogens (tertiary/aromatic N) is 3. The van der Waals surface area contributed by atoms with Crippen LogP contribution in [0.15, 0.2) is 36.4 Å². The fourth-order valence-corrected chi connectivity index (χ4v) is 5.81. The number of aryl methyl sites for hydroxylation is 1. The molecule has 1 saturated carbocycles. The first-order valence-electron chi connectivity index (χ1n) is 12.9. The van der Waals surface area contributed by atoms with Crippen molar-refractivity contribution in [1.82, 2.24) is 19.8 Å². The van der Waals surface area contributed by atoms with Crippen molar-refractivity contribution >= 4 is 17.5 Å². The van der Waals surface area contributed by atoms with Crippen molar-refractivity contribution < 1.29 is 4.79 Å². The maximum atomic E-state index is 13.6. The third-order valence-electron chi connectivity index (χ3n) is 8.28. The van der Waals surface area contributed by atoms with Gasteiger partial charge >= 0.3 is 0 Å². The quantitative estimate of drug-likeness (QED) is 0.522. The van der Waals surface area contributed by atoms with E-state index >= 15 is 0 Å². The number of benzene rings is 2. The standard InChI is InChI=1S/C29H33ClN4O/c1-18-14-24(20-4-3-5-20)25(28-31-26-10-12-33(2)13-11-27(26)32-28)15-23(18)29(35)34-16-21(17-34)19-6-8-22(30)9-7-19/h6-9,14-15,20-21H,3-5,10-13,16-17H2,1-2H3,(H,31,32). The number of hydrogen-bond donors (Lipinski definition) is 1. The van der Waals surface area contributed by atoms with Crippen LogP contribution in [0.3, 0.4) is 0 Å². The van der Waals surface area contributed by atoms with Crippen LogP contribution in [0.4, 0.5) is 0 Å². The summed E-state index contributed by atoms with van der Waals surface area (Å²) in [5.74, 6) is 2.02. The molecule has 2 aliphatic heterocycles. The minimum Gasteiger partial charge on any atom is -0.342 e. The van der Waals surface area contributed by atoms with E-state index in [4.69, 9.17) is 16.6 Å². The average Bonchev–Trinajstić information content (AvgIpc) is 3.10. The van der Waals surface area contributed by atoms with Crippen LogP contribution in [0.2, 0.25) is 5.02 Å². The second kappa shape index (κ2) is 9.11. The summed E-state index contributed by atoms with van der Waals surface area (Å²) in [5, 5.41) is 0.748. The highest BCUT2D eigenvalue weighted by molar-refractivity contribution is 6.30. The molecular formula is C29H33ClN4O. The predicted octanol–water partition coefficient (Wildman–Crippen LogP) is 5.58. The zero-order valence-electron chi connectivity index (χ0n) is 20.6. The molecule has 1 aromatic heterocycles. The van der Waals surface area contributed by atoms with E-state index in [2.05, 4.69) is 48.1 Å². The van der Waals surface area contributed by atoms with E-state index in [1.807, 2.05) is 17.0 Å². The molecule has 0 atom stereocenters. The van der Waals surface area contributed by atoms with Crippen LogP contribution in [-0.2, 0) is 12.8 Å². The normalized spacial score (nSPS) is 19.1. The number of hydrogen-bond acceptors (Lipinski definition) is 3. The minimum atomic E-state index is 0.129. The highest BCUT2D eigenvalue weighted by Gasteiger charge is 2.34. The molecular weight excluding hydrogens is 456 g/mol. The molecule has 3 heterocycles. The minimum absolute atomic E-state index is 0.129. The lowest BCUT2D eigenvalue weighted by Crippen LogP contribution is -2.48. The molecule has 1 amide bonds. The van der Waals surface area contributed by atoms with Gasteiger partial charge in [-0.25, -0.2) is 4.98 Å². The largest absolute Gasteiger partial charge is 0.342 e. The Bertz CT molecular complexity index is 1230. The van der Waals surface area contributed by atoms with Crippen molar-refractivity contribution in [1.29, 1.82) is 0 Å². The van der Waals surface area contributed by atoms with Crippen LogP contribution in [0, 0.1) is 6.92 Å². The molecule has 2 fully saturated rings. The van der Waals surface area contributed by atoms with E-state index in [0.717, 1.165) is 66.6 Å². The molecule has 2 aromatic carbocycles. The van der Waals surface area contributed by atoms with Crippen LogP contribution < -0.4 is 0 Å². The maximum Gasteiger partial charge on any atom is 0.254 e. The second-order valence-corrected chi connectivity index (χ2v) is 11.1. The number of carbonyl (C=O) groups is 1. The molecule has 0 unspecified atom stereocenters. The summed E-state index contributed by atoms with van der Waals surface area (Å²) in [6, 6.07) is 12.4. The summed E-state index contributed by atoms with van der Waals surface area (Å²) in [7, 11) is 2.17. The molecule has 3 aromatic rings. The van der Waals surface area contributed by atoms with Crippen LogP contribution >= 0.6 is 11.6 Å². The Labute approximate surface area is 212 Å². The zero-order valence-corrected chi connectivity index (χ0v) is 21.4. The molecule has 182 valence electrons. The molecule has 1 N–H and O–H groups in total. The van der Waals surface area contributed by atoms with Gasteiger partial charge < -0.3 is 14.8 Å². The van der Waals surface area contributed by atoms with E-state index in [-0.39, 0.29) is 5.91 Å². The monoisotopic (exact) mass is 488 g/mol. The molecule has 0 radical (unpaired) electrons. The Kier molecular flexibility index (Phi) is 5.93. The summed E-state index contributed by atoms with van der Waals surface area (Å²) in [6.07, 6.45) is 5.69. The molecule has 1 aliphatic carbocycles. The Hall–Kier alpha value is -2.63. The first-order valence-corrected chi connectivity index (χ1v) is 13.3. The van der Waals surface area contributed by atoms with Gasteiger partial charge in [-0.15, -0.1) is 0 Å². The maximum absolute atomic E-state index is 13.6. The Morgan fingerprint density at radius 3 is 2.51 bits per heavy atom. The predicted molar refractivity (Wildman–Crippen MR) is 140 cm³/mol. The van der Waals surface area contributed by atoms with Crippen molar-refractivity contribution in [2.45, 2.75) is 50.9 Å². The smallest absolute Gasteiger partial charge is 0.254 e. The number of rotatable bonds is 4. The van der Waals surface area contributed by atoms with Gasteiger partial charge in [-0.2, -0.15) is 0 Å². The molecule has 3 aliphatic rings. The van der Waals surface area contributed by atoms with Gasteiger partial charge in [0.15, 0.2) is 0 Å². The summed E-state index contributed by atoms with van der Waals surface area (Å²) in [5.41, 5.74) is 8.05. The van der Waals surface area contributed by atoms with Crippen molar-refractivity contribution in [2.24, 2.45) is 0 Å². The number of amides is 1. The van der Waals surface area contributed by atoms with E-state index in [0.29, 0.717) is 11.8 Å². The van der Waals surface area contributed by atoms with E-state index in [1.54, 1.807) is 0 Å². The van der Waals surface area contributed by atoms with Crippen LogP contribution in [0.25, 0.3) is 11.4 Å². The highest BCUT2D eigenvalue weighted by Crippen LogP contribution is 2.42. The first-order chi connectivity index (χ1) is 17.0. The van der Waals surface area contributed by atoms with Gasteiger partial charge in [0.2, 0.25) is 0 Å². The lowest BCUT2D eigenvalue weighted by Gasteiger charge is -2.40. The number of imidazole rings is 1. The van der Waals surface area contributed by atoms with Crippen molar-refractivity contribution in [3.8, 4) is 11.4 Å². The lowest BCUT2D eigenvalue weighted by molar-refractivity contribution is 0.0601. The van der Waals surface area contributed by atoms with Gasteiger partial charge in [-0.05, 0) is 67.6 Å². The summed E-state index contributed by atoms with van der Waals surface area (Å²) >= 11 is 6.04. The topological polar surface area (TPSA) is 52.2 Å². The average molecular weight is 489 g/mol. The number of aromatic amines is 1. The summed E-state index contributed by atoms with van der Waals surface area (Å²) in [6.45, 7) is 5.67. The molecule has 6 rings (SSSR count). The molecule has 0 bridgehead atoms. The van der Waals surface area contributed by atoms with E-state index in [1.165, 1.54) is 41.8 Å². The molecule has 5 nitrogen and oxygen atoms in total. The Morgan fingerprint density at radius 2 is 1.80 bits per heavy atom. The molecule has 6 heteroatoms. The van der Waals surface area contributed by atoms with Crippen LogP contribution in [0.1, 0.15) is 69.5 Å². The third-order valence-corrected chi connectivity index (χ3v) is 8.53. The number of likely N-dealkylation sites (tertiary alicyclic amines) is 1. The van der Waals surface area contributed by atoms with Crippen LogP contribution in [-0.4, -0.2) is 58.9 Å². The number of nitrogens with one attached hydrogen (secondary N) is 1. The molecule has 1 saturated heterocycles. The fourth-order valence-electron chi connectivity index (χ4n) is 5.68. The first kappa shape index (κ1) is 22.8. The van der Waals surface area contributed by atoms with Gasteiger partial charge in [0.1, 0.15) is 5.82 Å². The van der Waals surface area contributed by atoms with Crippen molar-refractivity contribution in [3.63, 3.8) is 0 Å². The van der Waals surface area contributed by atoms with Gasteiger partial charge in [-0.1, -0.05) is 36.2 Å². The third kappa shape index (κ3) is 4.30. The van der Waals surface area contributed by atoms with Crippen molar-refractivity contribution in [2.75, 3.05) is 33.2 Å².